The fourth-order valence-corrected chi connectivity index (χ4v) is 13.8. The molecular weight excluding hydrogens is 822 g/mol. The van der Waals surface area contributed by atoms with Crippen LogP contribution in [0.1, 0.15) is 43.2 Å². The van der Waals surface area contributed by atoms with Crippen molar-refractivity contribution in [1.82, 2.24) is 15.0 Å². The molecule has 0 radical (unpaired) electrons. The van der Waals surface area contributed by atoms with Gasteiger partial charge in [0.05, 0.1) is 0 Å². The van der Waals surface area contributed by atoms with Gasteiger partial charge in [-0.05, 0) is 124 Å². The molecular formula is C61H52N3OP. The second-order valence-corrected chi connectivity index (χ2v) is 22.7. The third kappa shape index (κ3) is 7.06. The second kappa shape index (κ2) is 16.3. The molecule has 1 aromatic heterocycles. The van der Waals surface area contributed by atoms with Crippen LogP contribution in [0.2, 0.25) is 0 Å². The summed E-state index contributed by atoms with van der Waals surface area (Å²) >= 11 is 0. The SMILES string of the molecule is CP(C)(=O)c1ccc(-c2ccc(C3(c4ccc(-c5nc(-c6ccc(-c7ccccc7)cc6)nc(-c6ccccc6-c6ccccc6)n5)cc4)C4CC5CC(C4)CC3C5)cc2)c2ccccc12. The summed E-state index contributed by atoms with van der Waals surface area (Å²) in [5.41, 5.74) is 12.6. The Labute approximate surface area is 388 Å². The van der Waals surface area contributed by atoms with Gasteiger partial charge >= 0.3 is 0 Å². The molecule has 4 nitrogen and oxygen atoms in total. The van der Waals surface area contributed by atoms with Gasteiger partial charge in [-0.2, -0.15) is 0 Å². The van der Waals surface area contributed by atoms with Gasteiger partial charge in [-0.1, -0.05) is 194 Å². The Balaban J connectivity index is 0.956. The van der Waals surface area contributed by atoms with E-state index >= 15 is 0 Å². The first-order valence-electron chi connectivity index (χ1n) is 23.7. The molecule has 66 heavy (non-hydrogen) atoms. The highest BCUT2D eigenvalue weighted by Crippen LogP contribution is 2.65. The average molecular weight is 874 g/mol. The second-order valence-electron chi connectivity index (χ2n) is 19.5. The molecule has 0 spiro atoms. The zero-order chi connectivity index (χ0) is 44.4. The minimum atomic E-state index is -2.45. The van der Waals surface area contributed by atoms with Crippen LogP contribution >= 0.6 is 7.14 Å². The molecule has 0 amide bonds. The lowest BCUT2D eigenvalue weighted by Gasteiger charge is -2.62. The van der Waals surface area contributed by atoms with Crippen LogP contribution in [0.5, 0.6) is 0 Å². The van der Waals surface area contributed by atoms with Crippen LogP contribution in [0.4, 0.5) is 0 Å². The van der Waals surface area contributed by atoms with E-state index in [0.717, 1.165) is 61.3 Å². The summed E-state index contributed by atoms with van der Waals surface area (Å²) in [6.07, 6.45) is 6.57. The molecule has 13 rings (SSSR count). The third-order valence-electron chi connectivity index (χ3n) is 15.3. The number of nitrogens with zero attached hydrogens (tertiary/aromatic N) is 3. The summed E-state index contributed by atoms with van der Waals surface area (Å²) in [5.74, 6) is 4.83. The molecule has 0 unspecified atom stereocenters. The Kier molecular flexibility index (Phi) is 10.1. The highest BCUT2D eigenvalue weighted by Gasteiger charge is 2.58. The molecule has 0 aliphatic heterocycles. The maximum atomic E-state index is 13.3. The van der Waals surface area contributed by atoms with Gasteiger partial charge in [0.1, 0.15) is 7.14 Å². The molecule has 1 heterocycles. The zero-order valence-corrected chi connectivity index (χ0v) is 38.4. The summed E-state index contributed by atoms with van der Waals surface area (Å²) in [5, 5.41) is 3.20. The molecule has 4 aliphatic carbocycles. The van der Waals surface area contributed by atoms with Gasteiger partial charge < -0.3 is 4.57 Å². The minimum absolute atomic E-state index is 0.0714. The number of aromatic nitrogens is 3. The van der Waals surface area contributed by atoms with E-state index < -0.39 is 7.14 Å². The van der Waals surface area contributed by atoms with Crippen LogP contribution in [-0.4, -0.2) is 28.3 Å². The van der Waals surface area contributed by atoms with E-state index in [9.17, 15) is 4.57 Å². The summed E-state index contributed by atoms with van der Waals surface area (Å²) in [4.78, 5) is 15.7. The van der Waals surface area contributed by atoms with Crippen molar-refractivity contribution in [2.45, 2.75) is 37.5 Å². The predicted molar refractivity (Wildman–Crippen MR) is 273 cm³/mol. The van der Waals surface area contributed by atoms with Gasteiger partial charge in [-0.3, -0.25) is 0 Å². The molecule has 5 heteroatoms. The van der Waals surface area contributed by atoms with E-state index in [1.54, 1.807) is 0 Å². The van der Waals surface area contributed by atoms with Crippen molar-refractivity contribution in [1.29, 1.82) is 0 Å². The van der Waals surface area contributed by atoms with Gasteiger partial charge in [0, 0.05) is 27.4 Å². The maximum absolute atomic E-state index is 13.3. The number of rotatable bonds is 9. The molecule has 4 saturated carbocycles. The van der Waals surface area contributed by atoms with E-state index in [-0.39, 0.29) is 5.41 Å². The van der Waals surface area contributed by atoms with Crippen LogP contribution in [-0.2, 0) is 9.98 Å². The number of hydrogen-bond donors (Lipinski definition) is 0. The molecule has 0 saturated heterocycles. The lowest BCUT2D eigenvalue weighted by molar-refractivity contribution is -0.0418. The minimum Gasteiger partial charge on any atom is -0.319 e. The van der Waals surface area contributed by atoms with Gasteiger partial charge in [0.15, 0.2) is 17.5 Å². The summed E-state index contributed by atoms with van der Waals surface area (Å²) < 4.78 is 13.3. The Morgan fingerprint density at radius 2 is 0.803 bits per heavy atom. The van der Waals surface area contributed by atoms with Gasteiger partial charge in [0.2, 0.25) is 0 Å². The molecule has 0 N–H and O–H groups in total. The number of benzene rings is 8. The van der Waals surface area contributed by atoms with E-state index in [0.29, 0.717) is 29.3 Å². The van der Waals surface area contributed by atoms with E-state index in [2.05, 4.69) is 188 Å². The lowest BCUT2D eigenvalue weighted by Crippen LogP contribution is -2.56. The summed E-state index contributed by atoms with van der Waals surface area (Å²) in [6, 6.07) is 69.7. The van der Waals surface area contributed by atoms with Crippen molar-refractivity contribution in [3.63, 3.8) is 0 Å². The quantitative estimate of drug-likeness (QED) is 0.136. The topological polar surface area (TPSA) is 55.7 Å². The van der Waals surface area contributed by atoms with Crippen LogP contribution < -0.4 is 5.30 Å². The third-order valence-corrected chi connectivity index (χ3v) is 16.9. The first-order valence-corrected chi connectivity index (χ1v) is 26.3. The Morgan fingerprint density at radius 1 is 0.379 bits per heavy atom. The monoisotopic (exact) mass is 873 g/mol. The van der Waals surface area contributed by atoms with Crippen LogP contribution in [0.25, 0.3) is 78.3 Å². The lowest BCUT2D eigenvalue weighted by atomic mass is 9.42. The number of fused-ring (bicyclic) bond motifs is 1. The van der Waals surface area contributed by atoms with Crippen molar-refractivity contribution >= 4 is 23.2 Å². The van der Waals surface area contributed by atoms with Crippen LogP contribution in [0.3, 0.4) is 0 Å². The number of hydrogen-bond acceptors (Lipinski definition) is 4. The molecule has 4 fully saturated rings. The first kappa shape index (κ1) is 40.7. The molecule has 322 valence electrons. The van der Waals surface area contributed by atoms with Crippen molar-refractivity contribution in [2.75, 3.05) is 13.3 Å². The van der Waals surface area contributed by atoms with Crippen molar-refractivity contribution < 1.29 is 4.57 Å². The van der Waals surface area contributed by atoms with Crippen molar-refractivity contribution in [2.24, 2.45) is 23.7 Å². The Hall–Kier alpha value is -6.74. The molecule has 8 aromatic carbocycles. The molecule has 0 atom stereocenters. The van der Waals surface area contributed by atoms with E-state index in [4.69, 9.17) is 15.0 Å². The Morgan fingerprint density at radius 3 is 1.38 bits per heavy atom. The highest BCUT2D eigenvalue weighted by atomic mass is 31.2. The normalized spacial score (nSPS) is 21.0. The molecule has 4 aliphatic rings. The Bertz CT molecular complexity index is 3260. The maximum Gasteiger partial charge on any atom is 0.164 e. The smallest absolute Gasteiger partial charge is 0.164 e. The van der Waals surface area contributed by atoms with E-state index in [1.807, 2.05) is 19.4 Å². The summed E-state index contributed by atoms with van der Waals surface area (Å²) in [6.45, 7) is 3.74. The van der Waals surface area contributed by atoms with Crippen molar-refractivity contribution in [3.05, 3.63) is 205 Å². The fraction of sp³-hybridized carbons (Fsp3) is 0.197. The van der Waals surface area contributed by atoms with Gasteiger partial charge in [-0.15, -0.1) is 0 Å². The van der Waals surface area contributed by atoms with Gasteiger partial charge in [-0.25, -0.2) is 15.0 Å². The van der Waals surface area contributed by atoms with Crippen LogP contribution in [0, 0.1) is 23.7 Å². The molecule has 9 aromatic rings. The highest BCUT2D eigenvalue weighted by molar-refractivity contribution is 7.70. The zero-order valence-electron chi connectivity index (χ0n) is 37.5. The standard InChI is InChI=1S/C61H52N3OP/c1-66(2,65)57-34-33-53(54-18-10-11-19-55(54)57)45-25-29-48(30-26-45)61(50-36-40-35-41(38-50)39-51(61)37-40)49-31-27-47(28-32-49)59-62-58(46-23-21-43(22-24-46)42-13-5-3-6-14-42)63-60(64-59)56-20-12-9-17-52(56)44-15-7-4-8-16-44/h3-34,40-41,50-51H,35-39H2,1-2H3. The summed E-state index contributed by atoms with van der Waals surface area (Å²) in [7, 11) is -2.45. The van der Waals surface area contributed by atoms with Crippen molar-refractivity contribution in [3.8, 4) is 67.5 Å². The first-order chi connectivity index (χ1) is 32.3. The largest absolute Gasteiger partial charge is 0.319 e. The predicted octanol–water partition coefficient (Wildman–Crippen LogP) is 15.0. The average Bonchev–Trinajstić information content (AvgIpc) is 3.36. The molecule has 4 bridgehead atoms. The van der Waals surface area contributed by atoms with E-state index in [1.165, 1.54) is 59.9 Å². The van der Waals surface area contributed by atoms with Crippen LogP contribution in [0.15, 0.2) is 194 Å². The fourth-order valence-electron chi connectivity index (χ4n) is 12.6. The van der Waals surface area contributed by atoms with Gasteiger partial charge in [0.25, 0.3) is 0 Å².